The molecular weight excluding hydrogens is 322 g/mol. The Morgan fingerprint density at radius 3 is 2.87 bits per heavy atom. The van der Waals surface area contributed by atoms with Crippen LogP contribution in [0.2, 0.25) is 0 Å². The Bertz CT molecular complexity index is 717. The van der Waals surface area contributed by atoms with Crippen LogP contribution in [0.5, 0.6) is 0 Å². The zero-order chi connectivity index (χ0) is 16.8. The average Bonchev–Trinajstić information content (AvgIpc) is 2.90. The number of carbonyl (C=O) groups is 1. The lowest BCUT2D eigenvalue weighted by molar-refractivity contribution is -0.113. The molecule has 1 N–H and O–H groups in total. The molecule has 1 aromatic carbocycles. The van der Waals surface area contributed by atoms with E-state index in [0.717, 1.165) is 18.0 Å². The highest BCUT2D eigenvalue weighted by Gasteiger charge is 2.13. The van der Waals surface area contributed by atoms with Crippen molar-refractivity contribution in [3.63, 3.8) is 0 Å². The molecule has 0 fully saturated rings. The quantitative estimate of drug-likeness (QED) is 0.623. The van der Waals surface area contributed by atoms with Gasteiger partial charge in [-0.05, 0) is 12.1 Å². The minimum absolute atomic E-state index is 0.0375. The summed E-state index contributed by atoms with van der Waals surface area (Å²) in [6.45, 7) is 6.19. The fourth-order valence-electron chi connectivity index (χ4n) is 1.91. The van der Waals surface area contributed by atoms with Crippen molar-refractivity contribution in [3.8, 4) is 0 Å². The Hall–Kier alpha value is -2.22. The van der Waals surface area contributed by atoms with Crippen molar-refractivity contribution in [3.05, 3.63) is 48.3 Å². The van der Waals surface area contributed by atoms with Crippen LogP contribution in [0.3, 0.4) is 0 Å². The van der Waals surface area contributed by atoms with Gasteiger partial charge in [-0.3, -0.25) is 4.79 Å². The van der Waals surface area contributed by atoms with Crippen LogP contribution in [0.1, 0.15) is 12.7 Å². The molecule has 122 valence electrons. The summed E-state index contributed by atoms with van der Waals surface area (Å²) in [5.74, 6) is -1.08. The van der Waals surface area contributed by atoms with Gasteiger partial charge in [0.25, 0.3) is 0 Å². The monoisotopic (exact) mass is 338 g/mol. The summed E-state index contributed by atoms with van der Waals surface area (Å²) in [6, 6.07) is 2.99. The van der Waals surface area contributed by atoms with E-state index in [1.54, 1.807) is 6.08 Å². The molecule has 0 radical (unpaired) electrons. The van der Waals surface area contributed by atoms with E-state index in [1.165, 1.54) is 17.8 Å². The third-order valence-electron chi connectivity index (χ3n) is 2.96. The first-order valence-corrected chi connectivity index (χ1v) is 7.94. The summed E-state index contributed by atoms with van der Waals surface area (Å²) in [7, 11) is 0. The first kappa shape index (κ1) is 17.1. The highest BCUT2D eigenvalue weighted by atomic mass is 32.2. The van der Waals surface area contributed by atoms with Crippen LogP contribution in [0, 0.1) is 11.6 Å². The number of benzene rings is 1. The van der Waals surface area contributed by atoms with Crippen molar-refractivity contribution in [2.45, 2.75) is 25.0 Å². The van der Waals surface area contributed by atoms with Crippen LogP contribution in [0.4, 0.5) is 14.5 Å². The van der Waals surface area contributed by atoms with Crippen molar-refractivity contribution in [2.24, 2.45) is 0 Å². The predicted octanol–water partition coefficient (Wildman–Crippen LogP) is 3.04. The first-order chi connectivity index (χ1) is 11.0. The van der Waals surface area contributed by atoms with Gasteiger partial charge in [-0.2, -0.15) is 0 Å². The fraction of sp³-hybridized carbons (Fsp3) is 0.267. The number of rotatable bonds is 7. The zero-order valence-electron chi connectivity index (χ0n) is 12.6. The summed E-state index contributed by atoms with van der Waals surface area (Å²) >= 11 is 1.19. The lowest BCUT2D eigenvalue weighted by Gasteiger charge is -2.08. The number of nitrogens with zero attached hydrogens (tertiary/aromatic N) is 3. The maximum atomic E-state index is 13.5. The van der Waals surface area contributed by atoms with Crippen molar-refractivity contribution >= 4 is 23.4 Å². The van der Waals surface area contributed by atoms with E-state index in [0.29, 0.717) is 18.1 Å². The average molecular weight is 338 g/mol. The van der Waals surface area contributed by atoms with Crippen molar-refractivity contribution in [1.29, 1.82) is 0 Å². The van der Waals surface area contributed by atoms with Gasteiger partial charge in [0, 0.05) is 19.0 Å². The van der Waals surface area contributed by atoms with Crippen LogP contribution in [0.15, 0.2) is 36.0 Å². The van der Waals surface area contributed by atoms with E-state index < -0.39 is 17.5 Å². The minimum Gasteiger partial charge on any atom is -0.323 e. The fourth-order valence-corrected chi connectivity index (χ4v) is 2.67. The summed E-state index contributed by atoms with van der Waals surface area (Å²) in [5, 5.41) is 11.1. The number of hydrogen-bond donors (Lipinski definition) is 1. The number of nitrogens with one attached hydrogen (secondary N) is 1. The third kappa shape index (κ3) is 4.38. The van der Waals surface area contributed by atoms with Gasteiger partial charge in [-0.1, -0.05) is 24.8 Å². The first-order valence-electron chi connectivity index (χ1n) is 6.95. The molecule has 0 saturated heterocycles. The topological polar surface area (TPSA) is 59.8 Å². The highest BCUT2D eigenvalue weighted by Crippen LogP contribution is 2.19. The van der Waals surface area contributed by atoms with Gasteiger partial charge in [0.15, 0.2) is 5.16 Å². The maximum Gasteiger partial charge on any atom is 0.234 e. The number of aromatic nitrogens is 3. The van der Waals surface area contributed by atoms with Crippen LogP contribution in [-0.4, -0.2) is 26.4 Å². The van der Waals surface area contributed by atoms with E-state index in [2.05, 4.69) is 22.1 Å². The van der Waals surface area contributed by atoms with Crippen molar-refractivity contribution in [2.75, 3.05) is 11.1 Å². The molecule has 23 heavy (non-hydrogen) atoms. The Labute approximate surface area is 136 Å². The lowest BCUT2D eigenvalue weighted by atomic mass is 10.3. The molecule has 8 heteroatoms. The van der Waals surface area contributed by atoms with Crippen molar-refractivity contribution in [1.82, 2.24) is 14.8 Å². The van der Waals surface area contributed by atoms with E-state index in [-0.39, 0.29) is 11.4 Å². The Morgan fingerprint density at radius 1 is 1.43 bits per heavy atom. The summed E-state index contributed by atoms with van der Waals surface area (Å²) in [5.41, 5.74) is -0.0567. The number of halogens is 2. The number of carbonyl (C=O) groups excluding carboxylic acids is 1. The molecule has 0 bridgehead atoms. The largest absolute Gasteiger partial charge is 0.323 e. The Kier molecular flexibility index (Phi) is 5.86. The van der Waals surface area contributed by atoms with E-state index in [1.807, 2.05) is 11.5 Å². The van der Waals surface area contributed by atoms with Gasteiger partial charge < -0.3 is 9.88 Å². The zero-order valence-corrected chi connectivity index (χ0v) is 13.4. The van der Waals surface area contributed by atoms with E-state index >= 15 is 0 Å². The van der Waals surface area contributed by atoms with Gasteiger partial charge >= 0.3 is 0 Å². The van der Waals surface area contributed by atoms with Crippen LogP contribution < -0.4 is 5.32 Å². The molecule has 0 aliphatic rings. The smallest absolute Gasteiger partial charge is 0.234 e. The summed E-state index contributed by atoms with van der Waals surface area (Å²) in [4.78, 5) is 11.9. The standard InChI is InChI=1S/C15H16F2N4OS/c1-3-7-21-13(4-2)19-20-15(21)23-9-14(22)18-12-6-5-10(16)8-11(12)17/h3,5-6,8H,1,4,7,9H2,2H3,(H,18,22). The van der Waals surface area contributed by atoms with Gasteiger partial charge in [-0.15, -0.1) is 16.8 Å². The second-order valence-corrected chi connectivity index (χ2v) is 5.56. The molecule has 2 rings (SSSR count). The SMILES string of the molecule is C=CCn1c(CC)nnc1SCC(=O)Nc1ccc(F)cc1F. The van der Waals surface area contributed by atoms with E-state index in [9.17, 15) is 13.6 Å². The van der Waals surface area contributed by atoms with Crippen LogP contribution in [0.25, 0.3) is 0 Å². The second-order valence-electron chi connectivity index (χ2n) is 4.61. The van der Waals surface area contributed by atoms with Gasteiger partial charge in [0.05, 0.1) is 11.4 Å². The van der Waals surface area contributed by atoms with Crippen LogP contribution in [-0.2, 0) is 17.8 Å². The van der Waals surface area contributed by atoms with Gasteiger partial charge in [0.1, 0.15) is 17.5 Å². The third-order valence-corrected chi connectivity index (χ3v) is 3.93. The van der Waals surface area contributed by atoms with Gasteiger partial charge in [0.2, 0.25) is 5.91 Å². The molecule has 0 atom stereocenters. The number of hydrogen-bond acceptors (Lipinski definition) is 4. The highest BCUT2D eigenvalue weighted by molar-refractivity contribution is 7.99. The van der Waals surface area contributed by atoms with Crippen molar-refractivity contribution < 1.29 is 13.6 Å². The summed E-state index contributed by atoms with van der Waals surface area (Å²) < 4.78 is 28.2. The van der Waals surface area contributed by atoms with Crippen LogP contribution >= 0.6 is 11.8 Å². The molecule has 0 aliphatic heterocycles. The molecule has 1 heterocycles. The number of anilines is 1. The maximum absolute atomic E-state index is 13.5. The molecule has 0 spiro atoms. The minimum atomic E-state index is -0.813. The number of aryl methyl sites for hydroxylation is 1. The number of amides is 1. The molecule has 0 unspecified atom stereocenters. The predicted molar refractivity (Wildman–Crippen MR) is 85.3 cm³/mol. The number of allylic oxidation sites excluding steroid dienone is 1. The molecular formula is C15H16F2N4OS. The van der Waals surface area contributed by atoms with Gasteiger partial charge in [-0.25, -0.2) is 8.78 Å². The molecule has 1 aromatic heterocycles. The van der Waals surface area contributed by atoms with E-state index in [4.69, 9.17) is 0 Å². The second kappa shape index (κ2) is 7.87. The Balaban J connectivity index is 1.99. The molecule has 1 amide bonds. The molecule has 2 aromatic rings. The molecule has 0 saturated carbocycles. The number of thioether (sulfide) groups is 1. The Morgan fingerprint density at radius 2 is 2.22 bits per heavy atom. The molecule has 5 nitrogen and oxygen atoms in total. The lowest BCUT2D eigenvalue weighted by Crippen LogP contribution is -2.15. The molecule has 0 aliphatic carbocycles. The normalized spacial score (nSPS) is 10.6. The summed E-state index contributed by atoms with van der Waals surface area (Å²) in [6.07, 6.45) is 2.44.